The maximum absolute atomic E-state index is 8.73. The number of aromatic nitrogens is 2. The van der Waals surface area contributed by atoms with Gasteiger partial charge >= 0.3 is 0 Å². The fourth-order valence-electron chi connectivity index (χ4n) is 1.93. The van der Waals surface area contributed by atoms with Crippen molar-refractivity contribution in [3.8, 4) is 17.5 Å². The van der Waals surface area contributed by atoms with Gasteiger partial charge in [0, 0.05) is 16.8 Å². The van der Waals surface area contributed by atoms with Crippen LogP contribution in [0, 0.1) is 25.2 Å². The topological polar surface area (TPSA) is 50.8 Å². The summed E-state index contributed by atoms with van der Waals surface area (Å²) in [6, 6.07) is 7.70. The number of hydrogen-bond acceptors (Lipinski definition) is 3. The number of methoxy groups -OCH3 is 1. The average molecular weight is 276 g/mol. The van der Waals surface area contributed by atoms with Gasteiger partial charge in [-0.15, -0.1) is 0 Å². The van der Waals surface area contributed by atoms with E-state index in [-0.39, 0.29) is 0 Å². The number of hydrogen-bond donors (Lipinski definition) is 0. The first-order valence-corrected chi connectivity index (χ1v) is 6.21. The average Bonchev–Trinajstić information content (AvgIpc) is 2.73. The molecule has 2 aromatic rings. The minimum atomic E-state index is 0.294. The van der Waals surface area contributed by atoms with Crippen molar-refractivity contribution in [2.45, 2.75) is 20.3 Å². The van der Waals surface area contributed by atoms with Gasteiger partial charge in [-0.3, -0.25) is 0 Å². The molecule has 1 aromatic heterocycles. The summed E-state index contributed by atoms with van der Waals surface area (Å²) in [6.45, 7) is 3.87. The van der Waals surface area contributed by atoms with Gasteiger partial charge in [0.25, 0.3) is 0 Å². The van der Waals surface area contributed by atoms with Gasteiger partial charge in [0.05, 0.1) is 25.3 Å². The Hall–Kier alpha value is -1.99. The molecular formula is C14H14ClN3O. The third kappa shape index (κ3) is 2.56. The molecule has 0 spiro atoms. The summed E-state index contributed by atoms with van der Waals surface area (Å²) >= 11 is 6.09. The number of nitriles is 1. The normalized spacial score (nSPS) is 10.3. The molecule has 0 aliphatic carbocycles. The summed E-state index contributed by atoms with van der Waals surface area (Å²) in [5.74, 6) is 0.658. The Balaban J connectivity index is 2.58. The van der Waals surface area contributed by atoms with E-state index in [2.05, 4.69) is 11.2 Å². The molecule has 0 atom stereocenters. The number of aryl methyl sites for hydroxylation is 2. The molecule has 0 saturated carbocycles. The SMILES string of the molecule is COc1cc(Cl)c(C)cc1-n1nc(CC#N)cc1C. The van der Waals surface area contributed by atoms with E-state index in [0.29, 0.717) is 17.2 Å². The fourth-order valence-corrected chi connectivity index (χ4v) is 2.08. The Morgan fingerprint density at radius 1 is 1.37 bits per heavy atom. The predicted molar refractivity (Wildman–Crippen MR) is 73.9 cm³/mol. The van der Waals surface area contributed by atoms with Crippen LogP contribution < -0.4 is 4.74 Å². The van der Waals surface area contributed by atoms with Crippen LogP contribution in [-0.4, -0.2) is 16.9 Å². The number of ether oxygens (including phenoxy) is 1. The summed E-state index contributed by atoms with van der Waals surface area (Å²) in [5, 5.41) is 13.8. The quantitative estimate of drug-likeness (QED) is 0.864. The van der Waals surface area contributed by atoms with E-state index in [4.69, 9.17) is 21.6 Å². The number of benzene rings is 1. The first kappa shape index (κ1) is 13.4. The molecule has 0 fully saturated rings. The summed E-state index contributed by atoms with van der Waals surface area (Å²) in [4.78, 5) is 0. The molecule has 1 aromatic carbocycles. The third-order valence-corrected chi connectivity index (χ3v) is 3.29. The largest absolute Gasteiger partial charge is 0.494 e. The zero-order chi connectivity index (χ0) is 14.0. The van der Waals surface area contributed by atoms with E-state index in [1.165, 1.54) is 0 Å². The van der Waals surface area contributed by atoms with Crippen LogP contribution in [0.25, 0.3) is 5.69 Å². The van der Waals surface area contributed by atoms with Crippen molar-refractivity contribution in [1.29, 1.82) is 5.26 Å². The second-order valence-corrected chi connectivity index (χ2v) is 4.70. The van der Waals surface area contributed by atoms with Gasteiger partial charge in [-0.05, 0) is 31.5 Å². The van der Waals surface area contributed by atoms with Crippen LogP contribution in [-0.2, 0) is 6.42 Å². The summed E-state index contributed by atoms with van der Waals surface area (Å²) in [5.41, 5.74) is 3.47. The second kappa shape index (κ2) is 5.33. The van der Waals surface area contributed by atoms with Gasteiger partial charge < -0.3 is 4.74 Å². The molecule has 98 valence electrons. The van der Waals surface area contributed by atoms with Crippen molar-refractivity contribution in [3.63, 3.8) is 0 Å². The van der Waals surface area contributed by atoms with E-state index in [1.54, 1.807) is 17.9 Å². The zero-order valence-corrected chi connectivity index (χ0v) is 11.8. The van der Waals surface area contributed by atoms with Gasteiger partial charge in [0.1, 0.15) is 11.4 Å². The third-order valence-electron chi connectivity index (χ3n) is 2.89. The monoisotopic (exact) mass is 275 g/mol. The van der Waals surface area contributed by atoms with Crippen molar-refractivity contribution < 1.29 is 4.74 Å². The molecule has 4 nitrogen and oxygen atoms in total. The van der Waals surface area contributed by atoms with Crippen molar-refractivity contribution in [3.05, 3.63) is 40.2 Å². The zero-order valence-electron chi connectivity index (χ0n) is 11.1. The molecule has 0 radical (unpaired) electrons. The van der Waals surface area contributed by atoms with E-state index >= 15 is 0 Å². The van der Waals surface area contributed by atoms with Crippen LogP contribution >= 0.6 is 11.6 Å². The minimum Gasteiger partial charge on any atom is -0.494 e. The molecule has 0 amide bonds. The van der Waals surface area contributed by atoms with Gasteiger partial charge in [-0.2, -0.15) is 10.4 Å². The van der Waals surface area contributed by atoms with E-state index in [9.17, 15) is 0 Å². The van der Waals surface area contributed by atoms with Gasteiger partial charge in [-0.25, -0.2) is 4.68 Å². The van der Waals surface area contributed by atoms with Crippen LogP contribution in [0.3, 0.4) is 0 Å². The first-order chi connectivity index (χ1) is 9.06. The van der Waals surface area contributed by atoms with Crippen LogP contribution in [0.1, 0.15) is 17.0 Å². The Morgan fingerprint density at radius 2 is 2.11 bits per heavy atom. The maximum atomic E-state index is 8.73. The van der Waals surface area contributed by atoms with Crippen LogP contribution in [0.5, 0.6) is 5.75 Å². The Bertz CT molecular complexity index is 655. The van der Waals surface area contributed by atoms with Crippen LogP contribution in [0.2, 0.25) is 5.02 Å². The Kier molecular flexibility index (Phi) is 3.77. The highest BCUT2D eigenvalue weighted by Crippen LogP contribution is 2.30. The Morgan fingerprint density at radius 3 is 2.74 bits per heavy atom. The molecule has 0 N–H and O–H groups in total. The summed E-state index contributed by atoms with van der Waals surface area (Å²) in [6.07, 6.45) is 0.294. The molecule has 0 bridgehead atoms. The maximum Gasteiger partial charge on any atom is 0.146 e. The summed E-state index contributed by atoms with van der Waals surface area (Å²) in [7, 11) is 1.60. The molecular weight excluding hydrogens is 262 g/mol. The highest BCUT2D eigenvalue weighted by atomic mass is 35.5. The number of rotatable bonds is 3. The smallest absolute Gasteiger partial charge is 0.146 e. The lowest BCUT2D eigenvalue weighted by Gasteiger charge is -2.12. The molecule has 19 heavy (non-hydrogen) atoms. The molecule has 2 rings (SSSR count). The first-order valence-electron chi connectivity index (χ1n) is 5.83. The van der Waals surface area contributed by atoms with Crippen molar-refractivity contribution in [2.24, 2.45) is 0 Å². The van der Waals surface area contributed by atoms with Gasteiger partial charge in [-0.1, -0.05) is 11.6 Å². The second-order valence-electron chi connectivity index (χ2n) is 4.30. The fraction of sp³-hybridized carbons (Fsp3) is 0.286. The number of halogens is 1. The lowest BCUT2D eigenvalue weighted by molar-refractivity contribution is 0.411. The van der Waals surface area contributed by atoms with E-state index < -0.39 is 0 Å². The van der Waals surface area contributed by atoms with Gasteiger partial charge in [0.15, 0.2) is 0 Å². The van der Waals surface area contributed by atoms with E-state index in [0.717, 1.165) is 22.6 Å². The van der Waals surface area contributed by atoms with Crippen molar-refractivity contribution >= 4 is 11.6 Å². The molecule has 5 heteroatoms. The summed E-state index contributed by atoms with van der Waals surface area (Å²) < 4.78 is 7.12. The molecule has 0 aliphatic rings. The van der Waals surface area contributed by atoms with Crippen molar-refractivity contribution in [1.82, 2.24) is 9.78 Å². The molecule has 1 heterocycles. The predicted octanol–water partition coefficient (Wildman–Crippen LogP) is 3.22. The highest BCUT2D eigenvalue weighted by Gasteiger charge is 2.13. The standard InChI is InChI=1S/C14H14ClN3O/c1-9-6-13(14(19-3)8-12(9)15)18-10(2)7-11(17-18)4-5-16/h6-8H,4H2,1-3H3. The number of nitrogens with zero attached hydrogens (tertiary/aromatic N) is 3. The molecule has 0 unspecified atom stereocenters. The lowest BCUT2D eigenvalue weighted by Crippen LogP contribution is -2.03. The van der Waals surface area contributed by atoms with Crippen LogP contribution in [0.4, 0.5) is 0 Å². The van der Waals surface area contributed by atoms with Crippen LogP contribution in [0.15, 0.2) is 18.2 Å². The highest BCUT2D eigenvalue weighted by molar-refractivity contribution is 6.31. The Labute approximate surface area is 117 Å². The molecule has 0 saturated heterocycles. The van der Waals surface area contributed by atoms with Gasteiger partial charge in [0.2, 0.25) is 0 Å². The van der Waals surface area contributed by atoms with E-state index in [1.807, 2.05) is 26.0 Å². The van der Waals surface area contributed by atoms with Crippen molar-refractivity contribution in [2.75, 3.05) is 7.11 Å². The minimum absolute atomic E-state index is 0.294. The lowest BCUT2D eigenvalue weighted by atomic mass is 10.2. The molecule has 0 aliphatic heterocycles.